The van der Waals surface area contributed by atoms with Crippen molar-refractivity contribution in [3.8, 4) is 0 Å². The van der Waals surface area contributed by atoms with Gasteiger partial charge in [0.2, 0.25) is 10.0 Å². The number of rotatable bonds is 7. The third kappa shape index (κ3) is 3.81. The monoisotopic (exact) mass is 367 g/mol. The average molecular weight is 368 g/mol. The van der Waals surface area contributed by atoms with Crippen molar-refractivity contribution in [3.05, 3.63) is 84.5 Å². The molecule has 26 heavy (non-hydrogen) atoms. The lowest BCUT2D eigenvalue weighted by Crippen LogP contribution is -2.47. The lowest BCUT2D eigenvalue weighted by molar-refractivity contribution is 0.440. The molecule has 4 heteroatoms. The lowest BCUT2D eigenvalue weighted by Gasteiger charge is -2.33. The van der Waals surface area contributed by atoms with Crippen molar-refractivity contribution < 1.29 is 8.42 Å². The van der Waals surface area contributed by atoms with E-state index in [4.69, 9.17) is 0 Å². The van der Waals surface area contributed by atoms with E-state index in [1.807, 2.05) is 55.5 Å². The molecule has 0 radical (unpaired) electrons. The van der Waals surface area contributed by atoms with Crippen LogP contribution in [0.4, 0.5) is 0 Å². The molecular formula is C22H25NO2S. The van der Waals surface area contributed by atoms with Crippen molar-refractivity contribution in [2.45, 2.75) is 43.0 Å². The lowest BCUT2D eigenvalue weighted by atomic mass is 9.84. The van der Waals surface area contributed by atoms with Crippen LogP contribution in [0.5, 0.6) is 0 Å². The van der Waals surface area contributed by atoms with Gasteiger partial charge in [-0.25, -0.2) is 13.1 Å². The van der Waals surface area contributed by atoms with Crippen LogP contribution in [0.2, 0.25) is 0 Å². The molecule has 0 heterocycles. The van der Waals surface area contributed by atoms with Gasteiger partial charge in [-0.15, -0.1) is 6.58 Å². The predicted molar refractivity (Wildman–Crippen MR) is 107 cm³/mol. The molecule has 1 unspecified atom stereocenters. The smallest absolute Gasteiger partial charge is 0.207 e. The number of nitrogens with one attached hydrogen (secondary N) is 1. The molecule has 0 saturated carbocycles. The van der Waals surface area contributed by atoms with Crippen LogP contribution in [0.1, 0.15) is 36.8 Å². The zero-order chi connectivity index (χ0) is 18.6. The Hall–Kier alpha value is -2.17. The average Bonchev–Trinajstić information content (AvgIpc) is 3.04. The van der Waals surface area contributed by atoms with E-state index in [0.717, 1.165) is 36.0 Å². The van der Waals surface area contributed by atoms with Crippen LogP contribution in [-0.2, 0) is 10.0 Å². The molecule has 0 aromatic heterocycles. The SMILES string of the molecule is C=CCCC1(NS(=O)(=O)c2ccc(C)cc2)CCC=C1c1ccccc1. The van der Waals surface area contributed by atoms with Crippen molar-refractivity contribution in [2.75, 3.05) is 0 Å². The second-order valence-corrected chi connectivity index (χ2v) is 8.53. The van der Waals surface area contributed by atoms with Crippen LogP contribution in [0, 0.1) is 6.92 Å². The minimum absolute atomic E-state index is 0.306. The van der Waals surface area contributed by atoms with E-state index in [0.29, 0.717) is 11.3 Å². The molecule has 1 N–H and O–H groups in total. The Morgan fingerprint density at radius 1 is 1.12 bits per heavy atom. The van der Waals surface area contributed by atoms with E-state index in [2.05, 4.69) is 17.4 Å². The van der Waals surface area contributed by atoms with Crippen molar-refractivity contribution >= 4 is 15.6 Å². The Labute approximate surface area is 156 Å². The van der Waals surface area contributed by atoms with Gasteiger partial charge in [-0.05, 0) is 55.9 Å². The quantitative estimate of drug-likeness (QED) is 0.711. The van der Waals surface area contributed by atoms with Gasteiger partial charge in [0, 0.05) is 0 Å². The van der Waals surface area contributed by atoms with Gasteiger partial charge in [-0.2, -0.15) is 0 Å². The third-order valence-corrected chi connectivity index (χ3v) is 6.51. The van der Waals surface area contributed by atoms with Gasteiger partial charge in [0.1, 0.15) is 0 Å². The van der Waals surface area contributed by atoms with Crippen LogP contribution in [-0.4, -0.2) is 14.0 Å². The second-order valence-electron chi connectivity index (χ2n) is 6.85. The van der Waals surface area contributed by atoms with E-state index in [-0.39, 0.29) is 0 Å². The molecular weight excluding hydrogens is 342 g/mol. The van der Waals surface area contributed by atoms with E-state index in [1.54, 1.807) is 12.1 Å². The fourth-order valence-electron chi connectivity index (χ4n) is 3.60. The summed E-state index contributed by atoms with van der Waals surface area (Å²) in [5.41, 5.74) is 2.58. The minimum Gasteiger partial charge on any atom is -0.207 e. The summed E-state index contributed by atoms with van der Waals surface area (Å²) < 4.78 is 29.2. The normalized spacial score (nSPS) is 20.0. The highest BCUT2D eigenvalue weighted by Gasteiger charge is 2.40. The summed E-state index contributed by atoms with van der Waals surface area (Å²) in [4.78, 5) is 0.306. The van der Waals surface area contributed by atoms with Gasteiger partial charge >= 0.3 is 0 Å². The Balaban J connectivity index is 1.99. The summed E-state index contributed by atoms with van der Waals surface area (Å²) in [5.74, 6) is 0. The first-order valence-corrected chi connectivity index (χ1v) is 10.4. The second kappa shape index (κ2) is 7.60. The fourth-order valence-corrected chi connectivity index (χ4v) is 5.04. The Kier molecular flexibility index (Phi) is 5.44. The molecule has 0 bridgehead atoms. The van der Waals surface area contributed by atoms with Gasteiger partial charge in [0.05, 0.1) is 10.4 Å². The number of hydrogen-bond donors (Lipinski definition) is 1. The molecule has 3 rings (SSSR count). The van der Waals surface area contributed by atoms with Crippen molar-refractivity contribution in [2.24, 2.45) is 0 Å². The van der Waals surface area contributed by atoms with Crippen LogP contribution in [0.15, 0.2) is 78.2 Å². The largest absolute Gasteiger partial charge is 0.241 e. The molecule has 1 aliphatic carbocycles. The molecule has 1 aliphatic rings. The molecule has 2 aromatic rings. The number of sulfonamides is 1. The van der Waals surface area contributed by atoms with Gasteiger partial charge < -0.3 is 0 Å². The number of allylic oxidation sites excluding steroid dienone is 2. The molecule has 0 fully saturated rings. The van der Waals surface area contributed by atoms with E-state index >= 15 is 0 Å². The Bertz CT molecular complexity index is 899. The molecule has 136 valence electrons. The first-order chi connectivity index (χ1) is 12.5. The van der Waals surface area contributed by atoms with Crippen LogP contribution >= 0.6 is 0 Å². The number of benzene rings is 2. The molecule has 0 saturated heterocycles. The Morgan fingerprint density at radius 3 is 2.46 bits per heavy atom. The molecule has 3 nitrogen and oxygen atoms in total. The van der Waals surface area contributed by atoms with E-state index in [9.17, 15) is 8.42 Å². The first-order valence-electron chi connectivity index (χ1n) is 8.94. The highest BCUT2D eigenvalue weighted by Crippen LogP contribution is 2.41. The Morgan fingerprint density at radius 2 is 1.81 bits per heavy atom. The summed E-state index contributed by atoms with van der Waals surface area (Å²) in [5, 5.41) is 0. The molecule has 0 aliphatic heterocycles. The van der Waals surface area contributed by atoms with Crippen molar-refractivity contribution in [3.63, 3.8) is 0 Å². The van der Waals surface area contributed by atoms with Crippen LogP contribution in [0.25, 0.3) is 5.57 Å². The summed E-state index contributed by atoms with van der Waals surface area (Å²) >= 11 is 0. The standard InChI is InChI=1S/C22H25NO2S/c1-3-4-16-22(17-8-11-21(22)19-9-6-5-7-10-19)23-26(24,25)20-14-12-18(2)13-15-20/h3,5-7,9-15,23H,1,4,8,16-17H2,2H3. The summed E-state index contributed by atoms with van der Waals surface area (Å²) in [6, 6.07) is 17.0. The van der Waals surface area contributed by atoms with Gasteiger partial charge in [-0.3, -0.25) is 0 Å². The van der Waals surface area contributed by atoms with Crippen LogP contribution in [0.3, 0.4) is 0 Å². The van der Waals surface area contributed by atoms with E-state index < -0.39 is 15.6 Å². The van der Waals surface area contributed by atoms with Crippen molar-refractivity contribution in [1.29, 1.82) is 0 Å². The molecule has 2 aromatic carbocycles. The number of hydrogen-bond acceptors (Lipinski definition) is 2. The molecule has 0 spiro atoms. The van der Waals surface area contributed by atoms with Crippen molar-refractivity contribution in [1.82, 2.24) is 4.72 Å². The maximum absolute atomic E-state index is 13.1. The third-order valence-electron chi connectivity index (χ3n) is 4.96. The maximum atomic E-state index is 13.1. The highest BCUT2D eigenvalue weighted by molar-refractivity contribution is 7.89. The topological polar surface area (TPSA) is 46.2 Å². The highest BCUT2D eigenvalue weighted by atomic mass is 32.2. The van der Waals surface area contributed by atoms with Crippen LogP contribution < -0.4 is 4.72 Å². The fraction of sp³-hybridized carbons (Fsp3) is 0.273. The summed E-state index contributed by atoms with van der Waals surface area (Å²) in [7, 11) is -3.62. The van der Waals surface area contributed by atoms with E-state index in [1.165, 1.54) is 0 Å². The first kappa shape index (κ1) is 18.6. The maximum Gasteiger partial charge on any atom is 0.241 e. The summed E-state index contributed by atoms with van der Waals surface area (Å²) in [6.07, 6.45) is 7.08. The molecule has 1 atom stereocenters. The minimum atomic E-state index is -3.62. The van der Waals surface area contributed by atoms with Gasteiger partial charge in [-0.1, -0.05) is 60.2 Å². The molecule has 0 amide bonds. The summed E-state index contributed by atoms with van der Waals surface area (Å²) in [6.45, 7) is 5.77. The zero-order valence-electron chi connectivity index (χ0n) is 15.1. The number of aryl methyl sites for hydroxylation is 1. The van der Waals surface area contributed by atoms with Gasteiger partial charge in [0.15, 0.2) is 0 Å². The van der Waals surface area contributed by atoms with Gasteiger partial charge in [0.25, 0.3) is 0 Å². The predicted octanol–water partition coefficient (Wildman–Crippen LogP) is 4.86. The zero-order valence-corrected chi connectivity index (χ0v) is 15.9.